The number of benzene rings is 1. The molecule has 2 heterocycles. The molecule has 170 valence electrons. The van der Waals surface area contributed by atoms with Crippen molar-refractivity contribution in [3.8, 4) is 0 Å². The number of carbonyl (C=O) groups is 3. The fraction of sp³-hybridized carbons (Fsp3) is 0.211. The third-order valence-corrected chi connectivity index (χ3v) is 4.36. The monoisotopic (exact) mass is 483 g/mol. The minimum absolute atomic E-state index is 0. The van der Waals surface area contributed by atoms with Gasteiger partial charge >= 0.3 is 49.7 Å². The fourth-order valence-corrected chi connectivity index (χ4v) is 2.75. The van der Waals surface area contributed by atoms with Gasteiger partial charge in [-0.3, -0.25) is 19.4 Å². The average molecular weight is 483 g/mol. The van der Waals surface area contributed by atoms with Gasteiger partial charge in [0.25, 0.3) is 11.5 Å². The number of nitrogen functional groups attached to an aromatic ring is 1. The zero-order valence-electron chi connectivity index (χ0n) is 19.2. The van der Waals surface area contributed by atoms with Gasteiger partial charge in [-0.1, -0.05) is 0 Å². The smallest absolute Gasteiger partial charge is 1.00 e. The van der Waals surface area contributed by atoms with Gasteiger partial charge in [-0.05, 0) is 30.7 Å². The summed E-state index contributed by atoms with van der Waals surface area (Å²) < 4.78 is 0. The van der Waals surface area contributed by atoms with Crippen molar-refractivity contribution in [3.05, 3.63) is 52.1 Å². The Hall–Kier alpha value is -3.29. The van der Waals surface area contributed by atoms with Gasteiger partial charge in [-0.2, -0.15) is 4.98 Å². The van der Waals surface area contributed by atoms with E-state index in [0.29, 0.717) is 11.4 Å². The van der Waals surface area contributed by atoms with Gasteiger partial charge < -0.3 is 29.4 Å². The van der Waals surface area contributed by atoms with Crippen LogP contribution in [-0.2, 0) is 16.1 Å². The van der Waals surface area contributed by atoms with Gasteiger partial charge in [0.2, 0.25) is 5.95 Å². The summed E-state index contributed by atoms with van der Waals surface area (Å²) in [7, 11) is 0. The van der Waals surface area contributed by atoms with Crippen LogP contribution in [-0.4, -0.2) is 91.8 Å². The second kappa shape index (κ2) is 11.5. The molecule has 3 rings (SSSR count). The van der Waals surface area contributed by atoms with E-state index in [0.717, 1.165) is 0 Å². The molecule has 0 unspecified atom stereocenters. The molecule has 0 aliphatic heterocycles. The number of carboxylic acids is 2. The van der Waals surface area contributed by atoms with E-state index in [4.69, 9.17) is 15.9 Å². The minimum atomic E-state index is -1.31. The van der Waals surface area contributed by atoms with E-state index in [2.05, 4.69) is 30.6 Å². The van der Waals surface area contributed by atoms with E-state index in [1.54, 1.807) is 12.1 Å². The van der Waals surface area contributed by atoms with Gasteiger partial charge in [-0.25, -0.2) is 14.8 Å². The van der Waals surface area contributed by atoms with Crippen LogP contribution in [0.3, 0.4) is 0 Å². The molecular weight excluding hydrogens is 462 g/mol. The van der Waals surface area contributed by atoms with Crippen molar-refractivity contribution in [1.82, 2.24) is 25.3 Å². The van der Waals surface area contributed by atoms with E-state index in [1.165, 1.54) is 18.3 Å². The van der Waals surface area contributed by atoms with E-state index in [9.17, 15) is 19.2 Å². The molecule has 0 aliphatic carbocycles. The maximum atomic E-state index is 12.3. The predicted molar refractivity (Wildman–Crippen MR) is 120 cm³/mol. The summed E-state index contributed by atoms with van der Waals surface area (Å²) in [6, 6.07) is 4.86. The van der Waals surface area contributed by atoms with Crippen LogP contribution >= 0.6 is 0 Å². The summed E-state index contributed by atoms with van der Waals surface area (Å²) in [4.78, 5) is 60.6. The number of hydrogen-bond acceptors (Lipinski definition) is 9. The first-order valence-corrected chi connectivity index (χ1v) is 9.33. The van der Waals surface area contributed by atoms with Gasteiger partial charge in [0.1, 0.15) is 6.04 Å². The predicted octanol–water partition coefficient (Wildman–Crippen LogP) is -0.201. The summed E-state index contributed by atoms with van der Waals surface area (Å²) in [6.45, 7) is 0.231. The Balaban J connectivity index is 0.00000385. The number of carboxylic acid groups (broad SMARTS) is 2. The maximum absolute atomic E-state index is 12.3. The Morgan fingerprint density at radius 2 is 1.85 bits per heavy atom. The van der Waals surface area contributed by atoms with Gasteiger partial charge in [0, 0.05) is 17.7 Å². The van der Waals surface area contributed by atoms with Crippen molar-refractivity contribution in [2.24, 2.45) is 0 Å². The van der Waals surface area contributed by atoms with Crippen molar-refractivity contribution in [2.75, 3.05) is 11.1 Å². The molecule has 14 heteroatoms. The normalized spacial score (nSPS) is 11.3. The molecule has 1 atom stereocenters. The quantitative estimate of drug-likeness (QED) is 0.219. The zero-order chi connectivity index (χ0) is 23.3. The standard InChI is InChI=1S/C19H19N7O6.Ca.2H/c20-19-25-15-14(17(30)26-19)23-11(8-22-15)7-21-10-3-1-9(2-4-10)16(29)24-12(18(31)32)5-6-13(27)28;;;/h1-4,8,12,21H,5-7H2,(H,24,29)(H,27,28)(H,31,32)(H3,20,22,25,26,30);;;/q;+2;2*-1/t12-;;;/m0.../s1. The molecular formula is C19H21CaN7O6. The first-order chi connectivity index (χ1) is 15.2. The van der Waals surface area contributed by atoms with Crippen LogP contribution in [0.2, 0.25) is 0 Å². The number of hydrogen-bond donors (Lipinski definition) is 6. The molecule has 3 aromatic rings. The number of carbonyl (C=O) groups excluding carboxylic acids is 1. The van der Waals surface area contributed by atoms with Crippen LogP contribution in [0.5, 0.6) is 0 Å². The van der Waals surface area contributed by atoms with E-state index >= 15 is 0 Å². The molecule has 1 amide bonds. The Bertz CT molecular complexity index is 1240. The first-order valence-electron chi connectivity index (χ1n) is 9.33. The summed E-state index contributed by atoms with van der Waals surface area (Å²) >= 11 is 0. The topological polar surface area (TPSA) is 213 Å². The number of nitrogens with zero attached hydrogens (tertiary/aromatic N) is 3. The number of aromatic amines is 1. The fourth-order valence-electron chi connectivity index (χ4n) is 2.75. The second-order valence-electron chi connectivity index (χ2n) is 6.71. The van der Waals surface area contributed by atoms with Crippen molar-refractivity contribution in [3.63, 3.8) is 0 Å². The molecule has 2 aromatic heterocycles. The third kappa shape index (κ3) is 7.10. The largest absolute Gasteiger partial charge is 2.00 e. The van der Waals surface area contributed by atoms with Crippen LogP contribution in [0.4, 0.5) is 11.6 Å². The number of nitrogens with one attached hydrogen (secondary N) is 3. The number of anilines is 2. The number of H-pyrrole nitrogens is 1. The van der Waals surface area contributed by atoms with E-state index in [-0.39, 0.29) is 82.7 Å². The third-order valence-electron chi connectivity index (χ3n) is 4.36. The zero-order valence-corrected chi connectivity index (χ0v) is 19.4. The molecule has 33 heavy (non-hydrogen) atoms. The number of amides is 1. The Labute approximate surface area is 218 Å². The number of rotatable bonds is 9. The van der Waals surface area contributed by atoms with Crippen LogP contribution in [0.15, 0.2) is 35.3 Å². The molecule has 0 fully saturated rings. The molecule has 0 spiro atoms. The van der Waals surface area contributed by atoms with Crippen LogP contribution in [0.1, 0.15) is 31.7 Å². The van der Waals surface area contributed by atoms with Crippen molar-refractivity contribution in [1.29, 1.82) is 0 Å². The molecule has 1 aromatic carbocycles. The van der Waals surface area contributed by atoms with Gasteiger partial charge in [-0.15, -0.1) is 0 Å². The van der Waals surface area contributed by atoms with Crippen molar-refractivity contribution in [2.45, 2.75) is 25.4 Å². The maximum Gasteiger partial charge on any atom is 2.00 e. The van der Waals surface area contributed by atoms with Crippen LogP contribution in [0.25, 0.3) is 11.2 Å². The summed E-state index contributed by atoms with van der Waals surface area (Å²) in [5.41, 5.74) is 6.47. The number of nitrogens with two attached hydrogens (primary N) is 1. The Morgan fingerprint density at radius 1 is 1.15 bits per heavy atom. The van der Waals surface area contributed by atoms with E-state index < -0.39 is 29.4 Å². The second-order valence-corrected chi connectivity index (χ2v) is 6.71. The van der Waals surface area contributed by atoms with Crippen LogP contribution < -0.4 is 21.9 Å². The molecule has 13 nitrogen and oxygen atoms in total. The molecule has 0 saturated carbocycles. The van der Waals surface area contributed by atoms with Crippen molar-refractivity contribution >= 4 is 78.4 Å². The van der Waals surface area contributed by atoms with E-state index in [1.807, 2.05) is 0 Å². The number of aliphatic carboxylic acids is 2. The SMILES string of the molecule is Nc1nc2ncc(CNc3ccc(C(=O)N[C@@H](CCC(=O)O)C(=O)O)cc3)nc2c(=O)[nH]1.[Ca+2].[H-].[H-]. The molecule has 0 aliphatic rings. The molecule has 0 bridgehead atoms. The molecule has 0 radical (unpaired) electrons. The number of aromatic nitrogens is 4. The van der Waals surface area contributed by atoms with Crippen molar-refractivity contribution < 1.29 is 27.4 Å². The van der Waals surface area contributed by atoms with Gasteiger partial charge in [0.05, 0.1) is 18.4 Å². The Morgan fingerprint density at radius 3 is 2.48 bits per heavy atom. The summed E-state index contributed by atoms with van der Waals surface area (Å²) in [6.07, 6.45) is 0.840. The Kier molecular flexibility index (Phi) is 9.08. The summed E-state index contributed by atoms with van der Waals surface area (Å²) in [5, 5.41) is 23.2. The van der Waals surface area contributed by atoms with Gasteiger partial charge in [0.15, 0.2) is 11.2 Å². The number of fused-ring (bicyclic) bond motifs is 1. The van der Waals surface area contributed by atoms with Crippen LogP contribution in [0, 0.1) is 0 Å². The summed E-state index contributed by atoms with van der Waals surface area (Å²) in [5.74, 6) is -3.16. The average Bonchev–Trinajstić information content (AvgIpc) is 2.75. The first kappa shape index (κ1) is 26.0. The molecule has 0 saturated heterocycles. The minimum Gasteiger partial charge on any atom is -1.00 e. The molecule has 7 N–H and O–H groups in total.